The van der Waals surface area contributed by atoms with Crippen molar-refractivity contribution in [3.8, 4) is 11.5 Å². The van der Waals surface area contributed by atoms with Crippen LogP contribution >= 0.6 is 0 Å². The van der Waals surface area contributed by atoms with E-state index in [1.165, 1.54) is 0 Å². The van der Waals surface area contributed by atoms with Gasteiger partial charge in [-0.3, -0.25) is 0 Å². The van der Waals surface area contributed by atoms with Crippen molar-refractivity contribution < 1.29 is 14.0 Å². The summed E-state index contributed by atoms with van der Waals surface area (Å²) in [5.41, 5.74) is 7.38. The summed E-state index contributed by atoms with van der Waals surface area (Å²) in [6.45, 7) is 4.20. The monoisotopic (exact) mass is 275 g/mol. The second-order valence-electron chi connectivity index (χ2n) is 4.70. The van der Waals surface area contributed by atoms with Gasteiger partial charge >= 0.3 is 0 Å². The van der Waals surface area contributed by atoms with Crippen molar-refractivity contribution in [3.05, 3.63) is 35.5 Å². The fraction of sp³-hybridized carbons (Fsp3) is 0.357. The molecule has 1 atom stereocenters. The number of benzene rings is 1. The highest BCUT2D eigenvalue weighted by atomic mass is 16.5. The number of nitrogens with one attached hydrogen (secondary N) is 1. The third kappa shape index (κ3) is 2.61. The normalized spacial score (nSPS) is 18.9. The predicted molar refractivity (Wildman–Crippen MR) is 73.7 cm³/mol. The van der Waals surface area contributed by atoms with Crippen LogP contribution in [-0.2, 0) is 4.74 Å². The molecule has 1 aromatic heterocycles. The van der Waals surface area contributed by atoms with Crippen LogP contribution in [-0.4, -0.2) is 24.9 Å². The number of morpholine rings is 1. The van der Waals surface area contributed by atoms with Gasteiger partial charge in [0.15, 0.2) is 0 Å². The second-order valence-corrected chi connectivity index (χ2v) is 4.70. The maximum atomic E-state index is 5.75. The van der Waals surface area contributed by atoms with Crippen molar-refractivity contribution in [3.63, 3.8) is 0 Å². The molecule has 0 spiro atoms. The molecular weight excluding hydrogens is 258 g/mol. The molecule has 106 valence electrons. The first-order valence-corrected chi connectivity index (χ1v) is 6.56. The average molecular weight is 275 g/mol. The Kier molecular flexibility index (Phi) is 3.58. The van der Waals surface area contributed by atoms with Crippen LogP contribution in [0.2, 0.25) is 0 Å². The van der Waals surface area contributed by atoms with Gasteiger partial charge in [0.2, 0.25) is 5.75 Å². The summed E-state index contributed by atoms with van der Waals surface area (Å²) in [4.78, 5) is 0. The number of rotatable bonds is 3. The minimum absolute atomic E-state index is 0.0493. The Morgan fingerprint density at radius 1 is 1.45 bits per heavy atom. The average Bonchev–Trinajstić information content (AvgIpc) is 2.80. The van der Waals surface area contributed by atoms with E-state index in [4.69, 9.17) is 19.7 Å². The molecule has 1 fully saturated rings. The van der Waals surface area contributed by atoms with Gasteiger partial charge in [0.25, 0.3) is 5.88 Å². The number of nitrogen functional groups attached to an aromatic ring is 1. The number of hydrogen-bond acceptors (Lipinski definition) is 6. The molecule has 0 radical (unpaired) electrons. The minimum atomic E-state index is 0.0493. The zero-order valence-electron chi connectivity index (χ0n) is 11.3. The van der Waals surface area contributed by atoms with Crippen molar-refractivity contribution in [2.75, 3.05) is 25.4 Å². The van der Waals surface area contributed by atoms with E-state index in [-0.39, 0.29) is 12.0 Å². The fourth-order valence-electron chi connectivity index (χ4n) is 2.18. The molecule has 0 saturated carbocycles. The third-order valence-corrected chi connectivity index (χ3v) is 3.21. The zero-order chi connectivity index (χ0) is 13.9. The predicted octanol–water partition coefficient (Wildman–Crippen LogP) is 2.02. The molecule has 6 heteroatoms. The van der Waals surface area contributed by atoms with Gasteiger partial charge in [0.1, 0.15) is 11.4 Å². The number of hydrogen-bond donors (Lipinski definition) is 2. The van der Waals surface area contributed by atoms with Crippen molar-refractivity contribution in [1.82, 2.24) is 10.5 Å². The van der Waals surface area contributed by atoms with Crippen LogP contribution in [0.1, 0.15) is 17.4 Å². The van der Waals surface area contributed by atoms with Crippen molar-refractivity contribution >= 4 is 5.88 Å². The van der Waals surface area contributed by atoms with E-state index >= 15 is 0 Å². The Balaban J connectivity index is 1.80. The highest BCUT2D eigenvalue weighted by Crippen LogP contribution is 2.32. The van der Waals surface area contributed by atoms with Gasteiger partial charge in [-0.2, -0.15) is 0 Å². The Bertz CT molecular complexity index is 572. The topological polar surface area (TPSA) is 82.5 Å². The van der Waals surface area contributed by atoms with Crippen molar-refractivity contribution in [2.45, 2.75) is 13.0 Å². The molecule has 3 N–H and O–H groups in total. The van der Waals surface area contributed by atoms with Crippen LogP contribution in [0.15, 0.2) is 28.8 Å². The molecular formula is C14H17N3O3. The summed E-state index contributed by atoms with van der Waals surface area (Å²) in [5, 5.41) is 7.07. The summed E-state index contributed by atoms with van der Waals surface area (Å²) < 4.78 is 16.4. The maximum absolute atomic E-state index is 5.75. The SMILES string of the molecule is Cc1noc(N)c1Oc1cccc([C@@H]2CNCCO2)c1. The molecule has 0 aliphatic carbocycles. The minimum Gasteiger partial charge on any atom is -0.450 e. The molecule has 1 aliphatic rings. The molecule has 1 aromatic carbocycles. The van der Waals surface area contributed by atoms with Crippen LogP contribution in [0.3, 0.4) is 0 Å². The van der Waals surface area contributed by atoms with E-state index in [0.29, 0.717) is 23.8 Å². The molecule has 1 saturated heterocycles. The van der Waals surface area contributed by atoms with Crippen LogP contribution in [0, 0.1) is 6.92 Å². The van der Waals surface area contributed by atoms with Crippen LogP contribution in [0.4, 0.5) is 5.88 Å². The van der Waals surface area contributed by atoms with E-state index in [0.717, 1.165) is 18.7 Å². The quantitative estimate of drug-likeness (QED) is 0.891. The molecule has 2 aromatic rings. The Labute approximate surface area is 116 Å². The first-order chi connectivity index (χ1) is 9.74. The van der Waals surface area contributed by atoms with E-state index in [9.17, 15) is 0 Å². The molecule has 2 heterocycles. The van der Waals surface area contributed by atoms with Crippen LogP contribution in [0.5, 0.6) is 11.5 Å². The van der Waals surface area contributed by atoms with E-state index < -0.39 is 0 Å². The van der Waals surface area contributed by atoms with Crippen molar-refractivity contribution in [1.29, 1.82) is 0 Å². The van der Waals surface area contributed by atoms with Crippen molar-refractivity contribution in [2.24, 2.45) is 0 Å². The number of aromatic nitrogens is 1. The number of anilines is 1. The Morgan fingerprint density at radius 2 is 2.35 bits per heavy atom. The zero-order valence-corrected chi connectivity index (χ0v) is 11.3. The van der Waals surface area contributed by atoms with Crippen LogP contribution in [0.25, 0.3) is 0 Å². The third-order valence-electron chi connectivity index (χ3n) is 3.21. The van der Waals surface area contributed by atoms with Gasteiger partial charge in [-0.1, -0.05) is 17.3 Å². The largest absolute Gasteiger partial charge is 0.450 e. The van der Waals surface area contributed by atoms with Crippen LogP contribution < -0.4 is 15.8 Å². The van der Waals surface area contributed by atoms with Gasteiger partial charge in [0, 0.05) is 13.1 Å². The first-order valence-electron chi connectivity index (χ1n) is 6.56. The number of nitrogens with two attached hydrogens (primary N) is 1. The molecule has 6 nitrogen and oxygen atoms in total. The van der Waals surface area contributed by atoms with Gasteiger partial charge in [-0.15, -0.1) is 0 Å². The fourth-order valence-corrected chi connectivity index (χ4v) is 2.18. The van der Waals surface area contributed by atoms with E-state index in [1.54, 1.807) is 6.92 Å². The first kappa shape index (κ1) is 13.0. The standard InChI is InChI=1S/C14H17N3O3/c1-9-13(14(15)20-17-9)19-11-4-2-3-10(7-11)12-8-16-5-6-18-12/h2-4,7,12,16H,5-6,8,15H2,1H3/t12-/m0/s1. The smallest absolute Gasteiger partial charge is 0.265 e. The molecule has 1 aliphatic heterocycles. The van der Waals surface area contributed by atoms with Gasteiger partial charge in [-0.05, 0) is 24.6 Å². The Morgan fingerprint density at radius 3 is 3.05 bits per heavy atom. The molecule has 3 rings (SSSR count). The lowest BCUT2D eigenvalue weighted by Gasteiger charge is -2.24. The molecule has 0 unspecified atom stereocenters. The summed E-state index contributed by atoms with van der Waals surface area (Å²) in [7, 11) is 0. The lowest BCUT2D eigenvalue weighted by atomic mass is 10.1. The number of nitrogens with zero attached hydrogens (tertiary/aromatic N) is 1. The summed E-state index contributed by atoms with van der Waals surface area (Å²) in [5.74, 6) is 1.34. The van der Waals surface area contributed by atoms with Gasteiger partial charge in [0.05, 0.1) is 12.7 Å². The molecule has 0 bridgehead atoms. The summed E-state index contributed by atoms with van der Waals surface area (Å²) >= 11 is 0. The second kappa shape index (κ2) is 5.52. The number of aryl methyl sites for hydroxylation is 1. The molecule has 20 heavy (non-hydrogen) atoms. The Hall–Kier alpha value is -2.05. The highest BCUT2D eigenvalue weighted by Gasteiger charge is 2.17. The lowest BCUT2D eigenvalue weighted by Crippen LogP contribution is -2.33. The summed E-state index contributed by atoms with van der Waals surface area (Å²) in [6, 6.07) is 7.77. The van der Waals surface area contributed by atoms with Gasteiger partial charge < -0.3 is 25.0 Å². The highest BCUT2D eigenvalue weighted by molar-refractivity contribution is 5.48. The molecule has 0 amide bonds. The van der Waals surface area contributed by atoms with E-state index in [2.05, 4.69) is 10.5 Å². The lowest BCUT2D eigenvalue weighted by molar-refractivity contribution is 0.0276. The summed E-state index contributed by atoms with van der Waals surface area (Å²) in [6.07, 6.45) is 0.0493. The van der Waals surface area contributed by atoms with E-state index in [1.807, 2.05) is 24.3 Å². The van der Waals surface area contributed by atoms with Gasteiger partial charge in [-0.25, -0.2) is 0 Å². The maximum Gasteiger partial charge on any atom is 0.265 e. The number of ether oxygens (including phenoxy) is 2.